The molecule has 0 saturated carbocycles. The van der Waals surface area contributed by atoms with Crippen LogP contribution in [0, 0.1) is 24.7 Å². The van der Waals surface area contributed by atoms with Gasteiger partial charge in [-0.25, -0.2) is 9.69 Å². The molecule has 124 valence electrons. The minimum atomic E-state index is -1.26. The maximum atomic E-state index is 12.8. The van der Waals surface area contributed by atoms with Gasteiger partial charge in [-0.05, 0) is 37.1 Å². The van der Waals surface area contributed by atoms with Gasteiger partial charge in [0, 0.05) is 0 Å². The van der Waals surface area contributed by atoms with Crippen molar-refractivity contribution in [1.29, 1.82) is 0 Å². The predicted molar refractivity (Wildman–Crippen MR) is 82.8 cm³/mol. The highest BCUT2D eigenvalue weighted by atomic mass is 16.5. The quantitative estimate of drug-likeness (QED) is 0.458. The van der Waals surface area contributed by atoms with Crippen molar-refractivity contribution >= 4 is 29.2 Å². The van der Waals surface area contributed by atoms with Gasteiger partial charge in [-0.2, -0.15) is 0 Å². The number of aryl methyl sites for hydroxylation is 2. The normalized spacial score (nSPS) is 22.5. The lowest BCUT2D eigenvalue weighted by Gasteiger charge is -2.17. The van der Waals surface area contributed by atoms with Crippen LogP contribution in [-0.2, 0) is 19.1 Å². The number of fused-ring (bicyclic) bond motifs is 1. The van der Waals surface area contributed by atoms with Crippen LogP contribution < -0.4 is 4.90 Å². The van der Waals surface area contributed by atoms with E-state index in [1.807, 2.05) is 19.9 Å². The monoisotopic (exact) mass is 330 g/mol. The first kappa shape index (κ1) is 15.8. The van der Waals surface area contributed by atoms with Crippen LogP contribution in [0.15, 0.2) is 28.6 Å². The van der Waals surface area contributed by atoms with E-state index in [1.54, 1.807) is 12.1 Å². The van der Waals surface area contributed by atoms with Crippen molar-refractivity contribution in [1.82, 2.24) is 5.12 Å². The third-order valence-corrected chi connectivity index (χ3v) is 3.97. The first-order valence-corrected chi connectivity index (χ1v) is 7.14. The fourth-order valence-electron chi connectivity index (χ4n) is 3.07. The molecule has 24 heavy (non-hydrogen) atoms. The zero-order valence-corrected chi connectivity index (χ0v) is 13.2. The first-order chi connectivity index (χ1) is 11.4. The molecule has 1 fully saturated rings. The summed E-state index contributed by atoms with van der Waals surface area (Å²) in [5.41, 5.74) is 1.82. The van der Waals surface area contributed by atoms with Gasteiger partial charge in [0.2, 0.25) is 5.91 Å². The molecule has 3 rings (SSSR count). The molecule has 2 amide bonds. The van der Waals surface area contributed by atoms with Crippen LogP contribution in [0.4, 0.5) is 5.69 Å². The van der Waals surface area contributed by atoms with Gasteiger partial charge < -0.3 is 4.74 Å². The zero-order valence-electron chi connectivity index (χ0n) is 13.2. The lowest BCUT2D eigenvalue weighted by molar-refractivity contribution is -0.133. The van der Waals surface area contributed by atoms with Crippen molar-refractivity contribution in [2.75, 3.05) is 12.0 Å². The average molecular weight is 330 g/mol. The molecule has 2 aliphatic heterocycles. The lowest BCUT2D eigenvalue weighted by atomic mass is 9.98. The lowest BCUT2D eigenvalue weighted by Crippen LogP contribution is -2.36. The Morgan fingerprint density at radius 2 is 1.79 bits per heavy atom. The van der Waals surface area contributed by atoms with E-state index in [2.05, 4.69) is 15.1 Å². The van der Waals surface area contributed by atoms with Crippen molar-refractivity contribution in [2.45, 2.75) is 19.9 Å². The number of hydrazone groups is 1. The zero-order chi connectivity index (χ0) is 17.6. The molecular weight excluding hydrogens is 316 g/mol. The van der Waals surface area contributed by atoms with E-state index in [0.717, 1.165) is 23.1 Å². The molecule has 1 aromatic rings. The van der Waals surface area contributed by atoms with Crippen LogP contribution in [-0.4, -0.2) is 41.8 Å². The number of methoxy groups -OCH3 is 1. The minimum absolute atomic E-state index is 0.299. The fourth-order valence-corrected chi connectivity index (χ4v) is 3.07. The summed E-state index contributed by atoms with van der Waals surface area (Å²) in [6, 6.07) is 4.00. The van der Waals surface area contributed by atoms with Gasteiger partial charge in [-0.1, -0.05) is 6.07 Å². The Morgan fingerprint density at radius 1 is 1.17 bits per heavy atom. The first-order valence-electron chi connectivity index (χ1n) is 7.14. The number of imide groups is 1. The van der Waals surface area contributed by atoms with Crippen molar-refractivity contribution in [3.8, 4) is 0 Å². The van der Waals surface area contributed by atoms with Crippen LogP contribution in [0.5, 0.6) is 0 Å². The van der Waals surface area contributed by atoms with E-state index in [1.165, 1.54) is 0 Å². The Labute approximate surface area is 136 Å². The molecule has 1 aromatic carbocycles. The Morgan fingerprint density at radius 3 is 2.33 bits per heavy atom. The number of ether oxygens (including phenoxy) is 1. The van der Waals surface area contributed by atoms with Crippen LogP contribution in [0.1, 0.15) is 11.1 Å². The SMILES string of the molecule is COC(=O)C1=NN(N=O)C2C(=O)N(c3cc(C)cc(C)c3)C(=O)C12. The minimum Gasteiger partial charge on any atom is -0.464 e. The number of amides is 2. The number of hydrogen-bond donors (Lipinski definition) is 0. The number of nitrogens with zero attached hydrogens (tertiary/aromatic N) is 4. The Bertz CT molecular complexity index is 783. The van der Waals surface area contributed by atoms with Gasteiger partial charge >= 0.3 is 5.97 Å². The Kier molecular flexibility index (Phi) is 3.63. The summed E-state index contributed by atoms with van der Waals surface area (Å²) in [5, 5.41) is 6.84. The topological polar surface area (TPSA) is 109 Å². The maximum absolute atomic E-state index is 12.8. The van der Waals surface area contributed by atoms with Gasteiger partial charge in [0.25, 0.3) is 5.91 Å². The summed E-state index contributed by atoms with van der Waals surface area (Å²) >= 11 is 0. The largest absolute Gasteiger partial charge is 0.464 e. The van der Waals surface area contributed by atoms with Crippen molar-refractivity contribution in [2.24, 2.45) is 16.3 Å². The molecule has 2 unspecified atom stereocenters. The highest BCUT2D eigenvalue weighted by molar-refractivity contribution is 6.46. The number of nitroso groups, excluding NO2 is 1. The number of anilines is 1. The van der Waals surface area contributed by atoms with E-state index < -0.39 is 29.7 Å². The number of carbonyl (C=O) groups is 3. The van der Waals surface area contributed by atoms with Gasteiger partial charge in [0.15, 0.2) is 11.8 Å². The van der Waals surface area contributed by atoms with Gasteiger partial charge in [0.05, 0.1) is 18.1 Å². The molecule has 9 nitrogen and oxygen atoms in total. The molecule has 9 heteroatoms. The predicted octanol–water partition coefficient (Wildman–Crippen LogP) is 0.687. The Hall–Kier alpha value is -3.10. The second-order valence-corrected chi connectivity index (χ2v) is 5.66. The van der Waals surface area contributed by atoms with E-state index in [0.29, 0.717) is 10.8 Å². The number of carbonyl (C=O) groups excluding carboxylic acids is 3. The summed E-state index contributed by atoms with van der Waals surface area (Å²) in [7, 11) is 1.12. The second kappa shape index (κ2) is 5.52. The molecule has 0 bridgehead atoms. The summed E-state index contributed by atoms with van der Waals surface area (Å²) < 4.78 is 4.58. The van der Waals surface area contributed by atoms with Gasteiger partial charge in [0.1, 0.15) is 5.92 Å². The van der Waals surface area contributed by atoms with Gasteiger partial charge in [-0.3, -0.25) is 9.59 Å². The molecular formula is C15H14N4O5. The van der Waals surface area contributed by atoms with Crippen LogP contribution in [0.25, 0.3) is 0 Å². The third kappa shape index (κ3) is 2.16. The fraction of sp³-hybridized carbons (Fsp3) is 0.333. The molecule has 2 aliphatic rings. The van der Waals surface area contributed by atoms with Crippen LogP contribution in [0.2, 0.25) is 0 Å². The Balaban J connectivity index is 2.07. The molecule has 1 saturated heterocycles. The maximum Gasteiger partial charge on any atom is 0.355 e. The highest BCUT2D eigenvalue weighted by Crippen LogP contribution is 2.36. The smallest absolute Gasteiger partial charge is 0.355 e. The van der Waals surface area contributed by atoms with E-state index >= 15 is 0 Å². The van der Waals surface area contributed by atoms with Crippen molar-refractivity contribution in [3.05, 3.63) is 34.2 Å². The summed E-state index contributed by atoms with van der Waals surface area (Å²) in [6.07, 6.45) is 0. The average Bonchev–Trinajstić information content (AvgIpc) is 3.03. The third-order valence-electron chi connectivity index (χ3n) is 3.97. The summed E-state index contributed by atoms with van der Waals surface area (Å²) in [6.45, 7) is 3.67. The number of hydrogen-bond acceptors (Lipinski definition) is 7. The number of benzene rings is 1. The van der Waals surface area contributed by atoms with E-state index in [9.17, 15) is 19.3 Å². The molecule has 2 atom stereocenters. The molecule has 2 heterocycles. The van der Waals surface area contributed by atoms with Crippen LogP contribution >= 0.6 is 0 Å². The number of esters is 1. The second-order valence-electron chi connectivity index (χ2n) is 5.66. The number of rotatable bonds is 3. The van der Waals surface area contributed by atoms with Crippen molar-refractivity contribution < 1.29 is 19.1 Å². The summed E-state index contributed by atoms with van der Waals surface area (Å²) in [5.74, 6) is -3.37. The molecule has 0 radical (unpaired) electrons. The molecule has 0 aliphatic carbocycles. The van der Waals surface area contributed by atoms with E-state index in [-0.39, 0.29) is 5.71 Å². The summed E-state index contributed by atoms with van der Waals surface area (Å²) in [4.78, 5) is 49.2. The standard InChI is InChI=1S/C15H14N4O5/c1-7-4-8(2)6-9(5-7)18-13(20)10-11(15(22)24-3)16-19(17-23)12(10)14(18)21/h4-6,10,12H,1-3H3. The van der Waals surface area contributed by atoms with Gasteiger partial charge in [-0.15, -0.1) is 15.1 Å². The van der Waals surface area contributed by atoms with E-state index in [4.69, 9.17) is 0 Å². The molecule has 0 aromatic heterocycles. The highest BCUT2D eigenvalue weighted by Gasteiger charge is 2.59. The molecule has 0 spiro atoms. The van der Waals surface area contributed by atoms with Crippen molar-refractivity contribution in [3.63, 3.8) is 0 Å². The molecule has 0 N–H and O–H groups in total. The van der Waals surface area contributed by atoms with Crippen LogP contribution in [0.3, 0.4) is 0 Å².